The van der Waals surface area contributed by atoms with Crippen molar-refractivity contribution in [3.05, 3.63) is 41.3 Å². The number of nitrogens with zero attached hydrogens (tertiary/aromatic N) is 2. The van der Waals surface area contributed by atoms with Gasteiger partial charge in [-0.05, 0) is 43.0 Å². The van der Waals surface area contributed by atoms with E-state index in [-0.39, 0.29) is 17.3 Å². The molecule has 0 fully saturated rings. The van der Waals surface area contributed by atoms with Crippen molar-refractivity contribution < 1.29 is 17.7 Å². The first kappa shape index (κ1) is 17.6. The Hall–Kier alpha value is -2.19. The predicted molar refractivity (Wildman–Crippen MR) is 92.7 cm³/mol. The van der Waals surface area contributed by atoms with E-state index in [9.17, 15) is 13.2 Å². The smallest absolute Gasteiger partial charge is 0.240 e. The molecule has 1 aliphatic heterocycles. The normalized spacial score (nSPS) is 14.4. The largest absolute Gasteiger partial charge is 0.360 e. The van der Waals surface area contributed by atoms with Crippen LogP contribution in [0.15, 0.2) is 33.7 Å². The fourth-order valence-electron chi connectivity index (χ4n) is 2.92. The fourth-order valence-corrected chi connectivity index (χ4v) is 3.97. The van der Waals surface area contributed by atoms with E-state index in [4.69, 9.17) is 4.52 Å². The highest BCUT2D eigenvalue weighted by atomic mass is 32.2. The van der Waals surface area contributed by atoms with Crippen molar-refractivity contribution in [1.29, 1.82) is 0 Å². The molecular weight excluding hydrogens is 342 g/mol. The molecule has 0 aliphatic carbocycles. The maximum Gasteiger partial charge on any atom is 0.240 e. The summed E-state index contributed by atoms with van der Waals surface area (Å²) < 4.78 is 32.7. The summed E-state index contributed by atoms with van der Waals surface area (Å²) in [5, 5.41) is 3.84. The van der Waals surface area contributed by atoms with Crippen LogP contribution in [0.3, 0.4) is 0 Å². The molecule has 0 bridgehead atoms. The van der Waals surface area contributed by atoms with Crippen LogP contribution in [0.2, 0.25) is 0 Å². The van der Waals surface area contributed by atoms with Gasteiger partial charge in [0.05, 0.1) is 17.1 Å². The van der Waals surface area contributed by atoms with Crippen molar-refractivity contribution >= 4 is 21.6 Å². The Morgan fingerprint density at radius 3 is 2.84 bits per heavy atom. The highest BCUT2D eigenvalue weighted by Crippen LogP contribution is 2.29. The monoisotopic (exact) mass is 363 g/mol. The zero-order chi connectivity index (χ0) is 18.0. The van der Waals surface area contributed by atoms with Crippen LogP contribution >= 0.6 is 0 Å². The van der Waals surface area contributed by atoms with Gasteiger partial charge in [-0.1, -0.05) is 12.1 Å². The summed E-state index contributed by atoms with van der Waals surface area (Å²) in [4.78, 5) is 13.6. The second-order valence-electron chi connectivity index (χ2n) is 6.03. The lowest BCUT2D eigenvalue weighted by Gasteiger charge is -2.28. The molecule has 2 aromatic rings. The quantitative estimate of drug-likeness (QED) is 0.877. The number of carbonyl (C=O) groups excluding carboxylic acids is 1. The Labute approximate surface area is 147 Å². The van der Waals surface area contributed by atoms with Crippen LogP contribution in [-0.4, -0.2) is 26.0 Å². The van der Waals surface area contributed by atoms with Gasteiger partial charge in [-0.3, -0.25) is 4.79 Å². The minimum atomic E-state index is -3.67. The van der Waals surface area contributed by atoms with Crippen molar-refractivity contribution in [1.82, 2.24) is 9.88 Å². The Morgan fingerprint density at radius 1 is 1.36 bits per heavy atom. The van der Waals surface area contributed by atoms with Gasteiger partial charge in [0.1, 0.15) is 0 Å². The molecule has 0 saturated carbocycles. The number of aromatic nitrogens is 1. The molecule has 3 rings (SSSR count). The van der Waals surface area contributed by atoms with Gasteiger partial charge in [0.15, 0.2) is 5.76 Å². The lowest BCUT2D eigenvalue weighted by atomic mass is 10.0. The first-order valence-electron chi connectivity index (χ1n) is 8.26. The van der Waals surface area contributed by atoms with Crippen LogP contribution in [0.4, 0.5) is 5.69 Å². The third kappa shape index (κ3) is 3.74. The summed E-state index contributed by atoms with van der Waals surface area (Å²) in [6, 6.07) is 6.61. The van der Waals surface area contributed by atoms with E-state index in [0.29, 0.717) is 12.3 Å². The zero-order valence-corrected chi connectivity index (χ0v) is 15.1. The average Bonchev–Trinajstić information content (AvgIpc) is 3.07. The minimum Gasteiger partial charge on any atom is -0.360 e. The summed E-state index contributed by atoms with van der Waals surface area (Å²) in [7, 11) is -3.67. The van der Waals surface area contributed by atoms with Crippen LogP contribution in [0.1, 0.15) is 37.3 Å². The second-order valence-corrected chi connectivity index (χ2v) is 7.79. The van der Waals surface area contributed by atoms with Gasteiger partial charge in [0.2, 0.25) is 15.9 Å². The number of fused-ring (bicyclic) bond motifs is 1. The summed E-state index contributed by atoms with van der Waals surface area (Å²) in [6.45, 7) is 4.18. The maximum atomic E-state index is 12.5. The number of hydrogen-bond donors (Lipinski definition) is 1. The fraction of sp³-hybridized carbons (Fsp3) is 0.412. The van der Waals surface area contributed by atoms with Crippen molar-refractivity contribution in [3.63, 3.8) is 0 Å². The summed E-state index contributed by atoms with van der Waals surface area (Å²) in [5.41, 5.74) is 2.45. The minimum absolute atomic E-state index is 0.0354. The van der Waals surface area contributed by atoms with Crippen LogP contribution in [0, 0.1) is 0 Å². The highest BCUT2D eigenvalue weighted by Gasteiger charge is 2.23. The van der Waals surface area contributed by atoms with Gasteiger partial charge in [-0.15, -0.1) is 0 Å². The predicted octanol–water partition coefficient (Wildman–Crippen LogP) is 2.01. The van der Waals surface area contributed by atoms with Gasteiger partial charge in [-0.25, -0.2) is 13.1 Å². The van der Waals surface area contributed by atoms with Gasteiger partial charge in [0, 0.05) is 25.2 Å². The Balaban J connectivity index is 1.79. The van der Waals surface area contributed by atoms with E-state index in [0.717, 1.165) is 36.2 Å². The molecule has 0 unspecified atom stereocenters. The van der Waals surface area contributed by atoms with Crippen LogP contribution in [-0.2, 0) is 34.2 Å². The first-order chi connectivity index (χ1) is 11.9. The topological polar surface area (TPSA) is 92.5 Å². The number of carbonyl (C=O) groups is 1. The molecule has 0 atom stereocenters. The number of aryl methyl sites for hydroxylation is 2. The van der Waals surface area contributed by atoms with E-state index >= 15 is 0 Å². The number of benzene rings is 1. The van der Waals surface area contributed by atoms with E-state index < -0.39 is 10.0 Å². The third-order valence-corrected chi connectivity index (χ3v) is 5.67. The molecule has 2 heterocycles. The number of hydrogen-bond acceptors (Lipinski definition) is 5. The molecule has 134 valence electrons. The maximum absolute atomic E-state index is 12.5. The highest BCUT2D eigenvalue weighted by molar-refractivity contribution is 7.89. The van der Waals surface area contributed by atoms with E-state index in [1.54, 1.807) is 23.1 Å². The molecule has 8 heteroatoms. The standard InChI is InChI=1S/C17H21N3O4S/c1-3-14-10-15(24-19-14)11-18-25(22,23)16-6-7-17-13(9-16)5-4-8-20(17)12(2)21/h6-7,9-10,18H,3-5,8,11H2,1-2H3. The molecule has 1 aromatic carbocycles. The lowest BCUT2D eigenvalue weighted by molar-refractivity contribution is -0.116. The summed E-state index contributed by atoms with van der Waals surface area (Å²) >= 11 is 0. The van der Waals surface area contributed by atoms with E-state index in [2.05, 4.69) is 9.88 Å². The Bertz CT molecular complexity index is 889. The number of anilines is 1. The average molecular weight is 363 g/mol. The van der Waals surface area contributed by atoms with Crippen molar-refractivity contribution in [2.75, 3.05) is 11.4 Å². The molecule has 0 saturated heterocycles. The molecule has 0 radical (unpaired) electrons. The lowest BCUT2D eigenvalue weighted by Crippen LogP contribution is -2.33. The summed E-state index contributed by atoms with van der Waals surface area (Å²) in [6.07, 6.45) is 2.31. The molecule has 25 heavy (non-hydrogen) atoms. The van der Waals surface area contributed by atoms with Gasteiger partial charge in [0.25, 0.3) is 0 Å². The van der Waals surface area contributed by atoms with E-state index in [1.165, 1.54) is 13.0 Å². The number of amides is 1. The number of nitrogens with one attached hydrogen (secondary N) is 1. The molecular formula is C17H21N3O4S. The first-order valence-corrected chi connectivity index (χ1v) is 9.74. The Kier molecular flexibility index (Phi) is 4.91. The molecule has 1 N–H and O–H groups in total. The van der Waals surface area contributed by atoms with Gasteiger partial charge in [-0.2, -0.15) is 0 Å². The van der Waals surface area contributed by atoms with Gasteiger partial charge >= 0.3 is 0 Å². The van der Waals surface area contributed by atoms with Gasteiger partial charge < -0.3 is 9.42 Å². The molecule has 1 aromatic heterocycles. The SMILES string of the molecule is CCc1cc(CNS(=O)(=O)c2ccc3c(c2)CCCN3C(C)=O)on1. The second kappa shape index (κ2) is 6.97. The molecule has 0 spiro atoms. The third-order valence-electron chi connectivity index (χ3n) is 4.27. The van der Waals surface area contributed by atoms with Crippen LogP contribution < -0.4 is 9.62 Å². The zero-order valence-electron chi connectivity index (χ0n) is 14.3. The van der Waals surface area contributed by atoms with Crippen molar-refractivity contribution in [3.8, 4) is 0 Å². The van der Waals surface area contributed by atoms with Crippen LogP contribution in [0.25, 0.3) is 0 Å². The molecule has 1 amide bonds. The Morgan fingerprint density at radius 2 is 2.16 bits per heavy atom. The molecule has 7 nitrogen and oxygen atoms in total. The number of rotatable bonds is 5. The van der Waals surface area contributed by atoms with Crippen molar-refractivity contribution in [2.24, 2.45) is 0 Å². The van der Waals surface area contributed by atoms with E-state index in [1.807, 2.05) is 6.92 Å². The summed E-state index contributed by atoms with van der Waals surface area (Å²) in [5.74, 6) is 0.438. The number of sulfonamides is 1. The van der Waals surface area contributed by atoms with Crippen molar-refractivity contribution in [2.45, 2.75) is 44.6 Å². The molecule has 1 aliphatic rings. The van der Waals surface area contributed by atoms with Crippen LogP contribution in [0.5, 0.6) is 0 Å².